The fourth-order valence-corrected chi connectivity index (χ4v) is 3.32. The van der Waals surface area contributed by atoms with Crippen molar-refractivity contribution in [3.05, 3.63) is 16.1 Å². The topological polar surface area (TPSA) is 49.3 Å². The van der Waals surface area contributed by atoms with Crippen molar-refractivity contribution in [3.63, 3.8) is 0 Å². The van der Waals surface area contributed by atoms with E-state index in [1.807, 2.05) is 6.20 Å². The first-order chi connectivity index (χ1) is 9.78. The minimum absolute atomic E-state index is 0. The van der Waals surface area contributed by atoms with E-state index < -0.39 is 0 Å². The lowest BCUT2D eigenvalue weighted by Gasteiger charge is -2.24. The standard InChI is InChI=1S/C15H26N4S.HI/c1-3-16-15(19-13-7-5-4-6-8-13)17-10-9-14-18-11-12(2)20-14;/h11,13H,3-10H2,1-2H3,(H2,16,17,19);1H. The highest BCUT2D eigenvalue weighted by Crippen LogP contribution is 2.17. The highest BCUT2D eigenvalue weighted by atomic mass is 127. The summed E-state index contributed by atoms with van der Waals surface area (Å²) in [6.45, 7) is 5.92. The predicted octanol–water partition coefficient (Wildman–Crippen LogP) is 3.50. The molecule has 0 aromatic carbocycles. The van der Waals surface area contributed by atoms with Crippen LogP contribution in [0.1, 0.15) is 48.9 Å². The molecule has 0 bridgehead atoms. The zero-order valence-corrected chi connectivity index (χ0v) is 16.2. The molecule has 0 amide bonds. The monoisotopic (exact) mass is 422 g/mol. The van der Waals surface area contributed by atoms with E-state index in [4.69, 9.17) is 0 Å². The Balaban J connectivity index is 0.00000220. The number of guanidine groups is 1. The third-order valence-electron chi connectivity index (χ3n) is 3.55. The molecular weight excluding hydrogens is 395 g/mol. The fraction of sp³-hybridized carbons (Fsp3) is 0.733. The average Bonchev–Trinajstić information content (AvgIpc) is 2.86. The van der Waals surface area contributed by atoms with Gasteiger partial charge in [-0.05, 0) is 26.7 Å². The van der Waals surface area contributed by atoms with E-state index in [9.17, 15) is 0 Å². The summed E-state index contributed by atoms with van der Waals surface area (Å²) >= 11 is 1.77. The zero-order chi connectivity index (χ0) is 14.2. The van der Waals surface area contributed by atoms with Gasteiger partial charge in [0.2, 0.25) is 0 Å². The second-order valence-electron chi connectivity index (χ2n) is 5.35. The van der Waals surface area contributed by atoms with E-state index in [1.54, 1.807) is 11.3 Å². The van der Waals surface area contributed by atoms with E-state index in [0.717, 1.165) is 25.5 Å². The van der Waals surface area contributed by atoms with Gasteiger partial charge in [-0.15, -0.1) is 35.3 Å². The van der Waals surface area contributed by atoms with Gasteiger partial charge in [0, 0.05) is 36.6 Å². The van der Waals surface area contributed by atoms with Crippen molar-refractivity contribution < 1.29 is 0 Å². The Hall–Kier alpha value is -0.370. The number of halogens is 1. The van der Waals surface area contributed by atoms with E-state index >= 15 is 0 Å². The lowest BCUT2D eigenvalue weighted by Crippen LogP contribution is -2.44. The van der Waals surface area contributed by atoms with E-state index in [1.165, 1.54) is 42.0 Å². The van der Waals surface area contributed by atoms with Crippen molar-refractivity contribution in [2.75, 3.05) is 13.1 Å². The van der Waals surface area contributed by atoms with E-state index in [0.29, 0.717) is 6.04 Å². The number of aryl methyl sites for hydroxylation is 1. The number of aliphatic imine (C=N–C) groups is 1. The number of rotatable bonds is 5. The molecule has 0 aliphatic heterocycles. The maximum absolute atomic E-state index is 4.67. The normalized spacial score (nSPS) is 16.4. The number of nitrogens with one attached hydrogen (secondary N) is 2. The summed E-state index contributed by atoms with van der Waals surface area (Å²) in [7, 11) is 0. The van der Waals surface area contributed by atoms with E-state index in [-0.39, 0.29) is 24.0 Å². The summed E-state index contributed by atoms with van der Waals surface area (Å²) in [5.41, 5.74) is 0. The molecule has 120 valence electrons. The van der Waals surface area contributed by atoms with Gasteiger partial charge in [0.15, 0.2) is 5.96 Å². The zero-order valence-electron chi connectivity index (χ0n) is 13.0. The molecule has 1 aromatic rings. The van der Waals surface area contributed by atoms with Gasteiger partial charge in [-0.25, -0.2) is 4.98 Å². The SMILES string of the molecule is CCNC(=NCCc1ncc(C)s1)NC1CCCCC1.I. The smallest absolute Gasteiger partial charge is 0.191 e. The molecular formula is C15H27IN4S. The van der Waals surface area contributed by atoms with Crippen LogP contribution in [0.5, 0.6) is 0 Å². The second-order valence-corrected chi connectivity index (χ2v) is 6.67. The van der Waals surface area contributed by atoms with Crippen molar-refractivity contribution in [1.82, 2.24) is 15.6 Å². The molecule has 4 nitrogen and oxygen atoms in total. The molecule has 1 aromatic heterocycles. The molecule has 1 aliphatic carbocycles. The Morgan fingerprint density at radius 3 is 2.76 bits per heavy atom. The molecule has 1 aliphatic rings. The van der Waals surface area contributed by atoms with Gasteiger partial charge in [-0.2, -0.15) is 0 Å². The first-order valence-electron chi connectivity index (χ1n) is 7.74. The van der Waals surface area contributed by atoms with Crippen LogP contribution in [0.4, 0.5) is 0 Å². The van der Waals surface area contributed by atoms with Crippen LogP contribution in [-0.2, 0) is 6.42 Å². The quantitative estimate of drug-likeness (QED) is 0.434. The van der Waals surface area contributed by atoms with Crippen molar-refractivity contribution in [2.24, 2.45) is 4.99 Å². The Kier molecular flexibility index (Phi) is 9.23. The second kappa shape index (κ2) is 10.4. The van der Waals surface area contributed by atoms with Gasteiger partial charge in [0.1, 0.15) is 0 Å². The minimum Gasteiger partial charge on any atom is -0.357 e. The predicted molar refractivity (Wildman–Crippen MR) is 102 cm³/mol. The van der Waals surface area contributed by atoms with Crippen LogP contribution in [0.15, 0.2) is 11.2 Å². The first-order valence-corrected chi connectivity index (χ1v) is 8.55. The van der Waals surface area contributed by atoms with Crippen molar-refractivity contribution in [2.45, 2.75) is 58.4 Å². The van der Waals surface area contributed by atoms with Gasteiger partial charge >= 0.3 is 0 Å². The Morgan fingerprint density at radius 1 is 1.38 bits per heavy atom. The number of aromatic nitrogens is 1. The maximum Gasteiger partial charge on any atom is 0.191 e. The first kappa shape index (κ1) is 18.7. The average molecular weight is 422 g/mol. The van der Waals surface area contributed by atoms with Crippen LogP contribution < -0.4 is 10.6 Å². The van der Waals surface area contributed by atoms with Gasteiger partial charge in [-0.3, -0.25) is 4.99 Å². The molecule has 1 saturated carbocycles. The summed E-state index contributed by atoms with van der Waals surface area (Å²) < 4.78 is 0. The highest BCUT2D eigenvalue weighted by molar-refractivity contribution is 14.0. The number of hydrogen-bond acceptors (Lipinski definition) is 3. The summed E-state index contributed by atoms with van der Waals surface area (Å²) in [5, 5.41) is 8.09. The summed E-state index contributed by atoms with van der Waals surface area (Å²) in [6.07, 6.45) is 9.49. The number of nitrogens with zero attached hydrogens (tertiary/aromatic N) is 2. The lowest BCUT2D eigenvalue weighted by atomic mass is 9.96. The molecule has 6 heteroatoms. The highest BCUT2D eigenvalue weighted by Gasteiger charge is 2.14. The van der Waals surface area contributed by atoms with Crippen LogP contribution >= 0.6 is 35.3 Å². The molecule has 2 rings (SSSR count). The van der Waals surface area contributed by atoms with Gasteiger partial charge in [0.05, 0.1) is 5.01 Å². The molecule has 1 fully saturated rings. The molecule has 0 radical (unpaired) electrons. The van der Waals surface area contributed by atoms with Crippen LogP contribution in [0.25, 0.3) is 0 Å². The summed E-state index contributed by atoms with van der Waals surface area (Å²) in [5.74, 6) is 0.965. The van der Waals surface area contributed by atoms with Gasteiger partial charge in [0.25, 0.3) is 0 Å². The molecule has 1 heterocycles. The third-order valence-corrected chi connectivity index (χ3v) is 4.53. The molecule has 0 spiro atoms. The van der Waals surface area contributed by atoms with Crippen LogP contribution in [-0.4, -0.2) is 30.1 Å². The Bertz CT molecular complexity index is 427. The van der Waals surface area contributed by atoms with Crippen LogP contribution in [0.3, 0.4) is 0 Å². The summed E-state index contributed by atoms with van der Waals surface area (Å²) in [4.78, 5) is 10.3. The fourth-order valence-electron chi connectivity index (χ4n) is 2.54. The molecule has 2 N–H and O–H groups in total. The molecule has 21 heavy (non-hydrogen) atoms. The van der Waals surface area contributed by atoms with Crippen molar-refractivity contribution in [3.8, 4) is 0 Å². The Labute approximate surface area is 149 Å². The third kappa shape index (κ3) is 6.95. The maximum atomic E-state index is 4.67. The lowest BCUT2D eigenvalue weighted by molar-refractivity contribution is 0.410. The molecule has 0 saturated heterocycles. The molecule has 0 atom stereocenters. The summed E-state index contributed by atoms with van der Waals surface area (Å²) in [6, 6.07) is 0.601. The molecule has 0 unspecified atom stereocenters. The Morgan fingerprint density at radius 2 is 2.14 bits per heavy atom. The van der Waals surface area contributed by atoms with Crippen LogP contribution in [0.2, 0.25) is 0 Å². The largest absolute Gasteiger partial charge is 0.357 e. The van der Waals surface area contributed by atoms with Gasteiger partial charge < -0.3 is 10.6 Å². The number of thiazole rings is 1. The van der Waals surface area contributed by atoms with Crippen molar-refractivity contribution >= 4 is 41.3 Å². The van der Waals surface area contributed by atoms with Gasteiger partial charge in [-0.1, -0.05) is 19.3 Å². The minimum atomic E-state index is 0. The number of hydrogen-bond donors (Lipinski definition) is 2. The van der Waals surface area contributed by atoms with Crippen LogP contribution in [0, 0.1) is 6.92 Å². The van der Waals surface area contributed by atoms with E-state index in [2.05, 4.69) is 34.5 Å². The van der Waals surface area contributed by atoms with Crippen molar-refractivity contribution in [1.29, 1.82) is 0 Å².